The van der Waals surface area contributed by atoms with Crippen LogP contribution in [0, 0.1) is 16.0 Å². The minimum Gasteiger partial charge on any atom is -0.508 e. The number of benzene rings is 3. The number of carbonyl (C=O) groups excluding carboxylic acids is 3. The summed E-state index contributed by atoms with van der Waals surface area (Å²) >= 11 is 2.04. The Morgan fingerprint density at radius 2 is 1.61 bits per heavy atom. The van der Waals surface area contributed by atoms with Crippen LogP contribution in [0.5, 0.6) is 5.75 Å². The van der Waals surface area contributed by atoms with Crippen molar-refractivity contribution in [2.45, 2.75) is 36.6 Å². The molecule has 1 fully saturated rings. The SMILES string of the molecule is CCN(CC)c1ccc([C@@H]2c3sc(=O)n(CC(=O)Nc4ccc(O)cc4)c3S[C@H]3C(=O)N(c4ccc([N+](=O)[O-])cc4)C(=O)[C@@H]23)cc1. The van der Waals surface area contributed by atoms with E-state index >= 15 is 0 Å². The van der Waals surface area contributed by atoms with Crippen molar-refractivity contribution in [2.24, 2.45) is 5.92 Å². The van der Waals surface area contributed by atoms with Gasteiger partial charge in [-0.25, -0.2) is 4.90 Å². The molecule has 4 aromatic rings. The average Bonchev–Trinajstić information content (AvgIpc) is 3.49. The number of hydrogen-bond donors (Lipinski definition) is 2. The molecule has 1 saturated heterocycles. The number of thioether (sulfide) groups is 1. The van der Waals surface area contributed by atoms with E-state index < -0.39 is 44.6 Å². The fraction of sp³-hybridized carbons (Fsp3) is 0.250. The second-order valence-electron chi connectivity index (χ2n) is 10.8. The van der Waals surface area contributed by atoms with E-state index in [9.17, 15) is 34.4 Å². The number of amides is 3. The molecule has 0 radical (unpaired) electrons. The molecule has 12 nitrogen and oxygen atoms in total. The van der Waals surface area contributed by atoms with Crippen LogP contribution in [0.2, 0.25) is 0 Å². The van der Waals surface area contributed by atoms with E-state index in [2.05, 4.69) is 24.1 Å². The highest BCUT2D eigenvalue weighted by Crippen LogP contribution is 2.54. The number of nitro benzene ring substituents is 1. The molecule has 6 rings (SSSR count). The first-order chi connectivity index (χ1) is 22.1. The molecule has 2 aliphatic rings. The summed E-state index contributed by atoms with van der Waals surface area (Å²) in [6, 6.07) is 18.9. The summed E-state index contributed by atoms with van der Waals surface area (Å²) in [4.78, 5) is 68.6. The van der Waals surface area contributed by atoms with Gasteiger partial charge in [0.2, 0.25) is 17.7 Å². The van der Waals surface area contributed by atoms with E-state index in [4.69, 9.17) is 0 Å². The normalized spacial score (nSPS) is 18.7. The number of thiazole rings is 1. The summed E-state index contributed by atoms with van der Waals surface area (Å²) in [5.41, 5.74) is 2.24. The zero-order chi connectivity index (χ0) is 32.7. The molecule has 3 heterocycles. The molecule has 2 N–H and O–H groups in total. The lowest BCUT2D eigenvalue weighted by molar-refractivity contribution is -0.384. The molecule has 0 bridgehead atoms. The van der Waals surface area contributed by atoms with Gasteiger partial charge in [0.05, 0.1) is 21.6 Å². The first-order valence-corrected chi connectivity index (χ1v) is 16.3. The number of aromatic nitrogens is 1. The number of aromatic hydroxyl groups is 1. The van der Waals surface area contributed by atoms with Crippen LogP contribution in [0.15, 0.2) is 82.6 Å². The highest BCUT2D eigenvalue weighted by Gasteiger charge is 2.56. The second-order valence-corrected chi connectivity index (χ2v) is 12.9. The van der Waals surface area contributed by atoms with E-state index in [0.29, 0.717) is 15.6 Å². The Morgan fingerprint density at radius 1 is 0.957 bits per heavy atom. The van der Waals surface area contributed by atoms with Gasteiger partial charge >= 0.3 is 4.87 Å². The van der Waals surface area contributed by atoms with Crippen molar-refractivity contribution in [3.63, 3.8) is 0 Å². The topological polar surface area (TPSA) is 155 Å². The third-order valence-corrected chi connectivity index (χ3v) is 10.8. The number of hydrogen-bond acceptors (Lipinski definition) is 10. The number of nitrogens with one attached hydrogen (secondary N) is 1. The summed E-state index contributed by atoms with van der Waals surface area (Å²) < 4.78 is 1.33. The number of carbonyl (C=O) groups is 3. The third kappa shape index (κ3) is 5.54. The quantitative estimate of drug-likeness (QED) is 0.112. The van der Waals surface area contributed by atoms with E-state index in [-0.39, 0.29) is 23.7 Å². The van der Waals surface area contributed by atoms with E-state index in [1.165, 1.54) is 53.1 Å². The van der Waals surface area contributed by atoms with Crippen molar-refractivity contribution in [1.82, 2.24) is 4.57 Å². The molecule has 236 valence electrons. The van der Waals surface area contributed by atoms with Crippen LogP contribution < -0.4 is 20.0 Å². The van der Waals surface area contributed by atoms with E-state index in [1.54, 1.807) is 0 Å². The predicted molar refractivity (Wildman–Crippen MR) is 176 cm³/mol. The van der Waals surface area contributed by atoms with Crippen LogP contribution in [0.4, 0.5) is 22.7 Å². The third-order valence-electron chi connectivity index (χ3n) is 8.20. The van der Waals surface area contributed by atoms with Crippen molar-refractivity contribution in [2.75, 3.05) is 28.2 Å². The lowest BCUT2D eigenvalue weighted by Crippen LogP contribution is -2.33. The Morgan fingerprint density at radius 3 is 2.22 bits per heavy atom. The molecule has 3 aromatic carbocycles. The average molecular weight is 660 g/mol. The number of phenolic OH excluding ortho intramolecular Hbond substituents is 1. The number of nitrogens with zero attached hydrogens (tertiary/aromatic N) is 4. The van der Waals surface area contributed by atoms with Gasteiger partial charge in [0.25, 0.3) is 5.69 Å². The number of rotatable bonds is 9. The summed E-state index contributed by atoms with van der Waals surface area (Å²) in [5, 5.41) is 23.0. The highest BCUT2D eigenvalue weighted by atomic mass is 32.2. The highest BCUT2D eigenvalue weighted by molar-refractivity contribution is 8.00. The molecule has 46 heavy (non-hydrogen) atoms. The van der Waals surface area contributed by atoms with Crippen LogP contribution in [0.3, 0.4) is 0 Å². The van der Waals surface area contributed by atoms with Crippen LogP contribution in [0.1, 0.15) is 30.2 Å². The number of non-ortho nitro benzene ring substituents is 1. The maximum Gasteiger partial charge on any atom is 0.308 e. The molecule has 0 unspecified atom stereocenters. The lowest BCUT2D eigenvalue weighted by Gasteiger charge is -2.31. The van der Waals surface area contributed by atoms with Gasteiger partial charge in [-0.05, 0) is 67.9 Å². The number of anilines is 3. The summed E-state index contributed by atoms with van der Waals surface area (Å²) in [6.07, 6.45) is 0. The zero-order valence-corrected chi connectivity index (χ0v) is 26.4. The maximum absolute atomic E-state index is 14.1. The van der Waals surface area contributed by atoms with Crippen LogP contribution in [0.25, 0.3) is 0 Å². The minimum absolute atomic E-state index is 0.0433. The van der Waals surface area contributed by atoms with E-state index in [1.807, 2.05) is 24.3 Å². The van der Waals surface area contributed by atoms with Crippen LogP contribution in [-0.2, 0) is 20.9 Å². The fourth-order valence-corrected chi connectivity index (χ4v) is 8.74. The van der Waals surface area contributed by atoms with Gasteiger partial charge in [-0.3, -0.25) is 33.9 Å². The Bertz CT molecular complexity index is 1880. The van der Waals surface area contributed by atoms with Crippen molar-refractivity contribution in [1.29, 1.82) is 0 Å². The van der Waals surface area contributed by atoms with Crippen LogP contribution in [-0.4, -0.2) is 50.7 Å². The van der Waals surface area contributed by atoms with Crippen molar-refractivity contribution in [3.8, 4) is 5.75 Å². The van der Waals surface area contributed by atoms with E-state index in [0.717, 1.165) is 52.3 Å². The molecule has 0 saturated carbocycles. The molecule has 0 spiro atoms. The molecular formula is C32H29N5O7S2. The first-order valence-electron chi connectivity index (χ1n) is 14.6. The predicted octanol–water partition coefficient (Wildman–Crippen LogP) is 4.80. The number of imide groups is 1. The second kappa shape index (κ2) is 12.4. The number of phenols is 1. The standard InChI is InChI=1S/C32H29N5O7S2/c1-3-34(4-2)20-9-5-18(6-10-20)25-26-27(30(41)36(29(26)40)21-11-13-22(14-12-21)37(43)44)45-31-28(25)46-32(42)35(31)17-24(39)33-19-7-15-23(38)16-8-19/h5-16,25-27,38H,3-4,17H2,1-2H3,(H,33,39)/t25-,26-,27+/m0/s1. The Balaban J connectivity index is 1.40. The summed E-state index contributed by atoms with van der Waals surface area (Å²) in [5.74, 6) is -2.89. The monoisotopic (exact) mass is 659 g/mol. The molecule has 0 aliphatic carbocycles. The molecular weight excluding hydrogens is 631 g/mol. The smallest absolute Gasteiger partial charge is 0.308 e. The number of nitro groups is 1. The molecule has 3 atom stereocenters. The van der Waals surface area contributed by atoms with Crippen LogP contribution >= 0.6 is 23.1 Å². The van der Waals surface area contributed by atoms with Gasteiger partial charge in [0.1, 0.15) is 17.5 Å². The van der Waals surface area contributed by atoms with Gasteiger partial charge in [0.15, 0.2) is 0 Å². The Hall–Kier alpha value is -4.95. The largest absolute Gasteiger partial charge is 0.508 e. The summed E-state index contributed by atoms with van der Waals surface area (Å²) in [6.45, 7) is 5.40. The van der Waals surface area contributed by atoms with Gasteiger partial charge in [-0.15, -0.1) is 0 Å². The number of fused-ring (bicyclic) bond motifs is 2. The first kappa shape index (κ1) is 31.0. The maximum atomic E-state index is 14.1. The Labute approximate surface area is 271 Å². The van der Waals surface area contributed by atoms with Gasteiger partial charge in [0, 0.05) is 47.4 Å². The Kier molecular flexibility index (Phi) is 8.40. The minimum atomic E-state index is -0.900. The molecule has 2 aliphatic heterocycles. The van der Waals surface area contributed by atoms with Gasteiger partial charge < -0.3 is 15.3 Å². The van der Waals surface area contributed by atoms with Gasteiger partial charge in [-0.1, -0.05) is 35.2 Å². The molecule has 1 aromatic heterocycles. The molecule has 3 amide bonds. The fourth-order valence-electron chi connectivity index (χ4n) is 5.96. The zero-order valence-electron chi connectivity index (χ0n) is 24.8. The van der Waals surface area contributed by atoms with Crippen molar-refractivity contribution >= 4 is 63.6 Å². The summed E-state index contributed by atoms with van der Waals surface area (Å²) in [7, 11) is 0. The van der Waals surface area contributed by atoms with Crippen molar-refractivity contribution < 1.29 is 24.4 Å². The lowest BCUT2D eigenvalue weighted by atomic mass is 9.83. The molecule has 14 heteroatoms. The van der Waals surface area contributed by atoms with Crippen molar-refractivity contribution in [3.05, 3.63) is 103 Å². The van der Waals surface area contributed by atoms with Gasteiger partial charge in [-0.2, -0.15) is 0 Å².